The molecule has 2 atom stereocenters. The Hall–Kier alpha value is -2.70. The summed E-state index contributed by atoms with van der Waals surface area (Å²) in [5, 5.41) is 0. The fourth-order valence-electron chi connectivity index (χ4n) is 5.19. The Morgan fingerprint density at radius 2 is 1.66 bits per heavy atom. The topological polar surface area (TPSA) is 53.1 Å². The largest absolute Gasteiger partial charge is 0.466 e. The highest BCUT2D eigenvalue weighted by Gasteiger charge is 2.42. The van der Waals surface area contributed by atoms with Crippen LogP contribution >= 0.6 is 0 Å². The zero-order valence-corrected chi connectivity index (χ0v) is 21.8. The molecule has 2 fully saturated rings. The van der Waals surface area contributed by atoms with Gasteiger partial charge in [0, 0.05) is 31.7 Å². The molecule has 2 aromatic carbocycles. The molecule has 190 valence electrons. The Bertz CT molecular complexity index is 937. The van der Waals surface area contributed by atoms with Gasteiger partial charge in [0.15, 0.2) is 0 Å². The van der Waals surface area contributed by atoms with Gasteiger partial charge in [-0.15, -0.1) is 0 Å². The number of piperidine rings is 1. The van der Waals surface area contributed by atoms with Crippen molar-refractivity contribution in [1.29, 1.82) is 0 Å². The van der Waals surface area contributed by atoms with E-state index in [0.29, 0.717) is 12.6 Å². The summed E-state index contributed by atoms with van der Waals surface area (Å²) >= 11 is 0. The maximum Gasteiger partial charge on any atom is 0.313 e. The summed E-state index contributed by atoms with van der Waals surface area (Å²) in [6.45, 7) is 6.25. The lowest BCUT2D eigenvalue weighted by Crippen LogP contribution is -2.48. The van der Waals surface area contributed by atoms with Crippen LogP contribution in [0.2, 0.25) is 0 Å². The van der Waals surface area contributed by atoms with E-state index in [1.54, 1.807) is 0 Å². The second-order valence-electron chi connectivity index (χ2n) is 9.99. The average Bonchev–Trinajstić information content (AvgIpc) is 3.31. The van der Waals surface area contributed by atoms with E-state index in [-0.39, 0.29) is 17.3 Å². The van der Waals surface area contributed by atoms with Crippen LogP contribution in [-0.2, 0) is 16.0 Å². The molecule has 0 aromatic heterocycles. The van der Waals surface area contributed by atoms with Crippen molar-refractivity contribution in [1.82, 2.24) is 14.7 Å². The van der Waals surface area contributed by atoms with Crippen LogP contribution in [0.5, 0.6) is 0 Å². The van der Waals surface area contributed by atoms with Crippen molar-refractivity contribution in [3.8, 4) is 0 Å². The van der Waals surface area contributed by atoms with Crippen LogP contribution in [0.4, 0.5) is 0 Å². The normalized spacial score (nSPS) is 22.7. The summed E-state index contributed by atoms with van der Waals surface area (Å²) in [4.78, 5) is 30.9. The first-order chi connectivity index (χ1) is 16.8. The number of likely N-dealkylation sites (tertiary alicyclic amines) is 2. The molecule has 6 nitrogen and oxygen atoms in total. The Labute approximate surface area is 210 Å². The summed E-state index contributed by atoms with van der Waals surface area (Å²) in [6.07, 6.45) is 3.83. The predicted molar refractivity (Wildman–Crippen MR) is 140 cm³/mol. The molecule has 0 saturated carbocycles. The first-order valence-electron chi connectivity index (χ1n) is 12.7. The van der Waals surface area contributed by atoms with Gasteiger partial charge in [0.25, 0.3) is 5.91 Å². The Balaban J connectivity index is 0.000000198. The van der Waals surface area contributed by atoms with Crippen molar-refractivity contribution in [2.24, 2.45) is 5.41 Å². The average molecular weight is 480 g/mol. The van der Waals surface area contributed by atoms with Crippen LogP contribution in [0.1, 0.15) is 42.1 Å². The van der Waals surface area contributed by atoms with E-state index in [0.717, 1.165) is 57.4 Å². The highest BCUT2D eigenvalue weighted by molar-refractivity contribution is 5.94. The maximum absolute atomic E-state index is 12.4. The molecule has 35 heavy (non-hydrogen) atoms. The molecule has 1 unspecified atom stereocenters. The minimum absolute atomic E-state index is 0.0367. The van der Waals surface area contributed by atoms with Gasteiger partial charge in [0.05, 0.1) is 12.0 Å². The molecule has 4 rings (SSSR count). The Morgan fingerprint density at radius 1 is 1.00 bits per heavy atom. The second kappa shape index (κ2) is 12.8. The Morgan fingerprint density at radius 3 is 2.23 bits per heavy atom. The molecule has 0 spiro atoms. The zero-order chi connectivity index (χ0) is 25.3. The van der Waals surface area contributed by atoms with Crippen molar-refractivity contribution in [2.45, 2.75) is 38.6 Å². The van der Waals surface area contributed by atoms with E-state index in [1.165, 1.54) is 5.56 Å². The van der Waals surface area contributed by atoms with Gasteiger partial charge >= 0.3 is 5.97 Å². The van der Waals surface area contributed by atoms with Gasteiger partial charge in [0.2, 0.25) is 0 Å². The van der Waals surface area contributed by atoms with Gasteiger partial charge in [-0.2, -0.15) is 0 Å². The number of carbonyl (C=O) groups is 2. The molecule has 2 saturated heterocycles. The fourth-order valence-corrected chi connectivity index (χ4v) is 5.19. The van der Waals surface area contributed by atoms with Crippen molar-refractivity contribution in [2.75, 3.05) is 53.9 Å². The number of ether oxygens (including phenoxy) is 1. The third-order valence-electron chi connectivity index (χ3n) is 7.12. The van der Waals surface area contributed by atoms with Crippen molar-refractivity contribution >= 4 is 11.9 Å². The molecule has 0 N–H and O–H groups in total. The van der Waals surface area contributed by atoms with Crippen LogP contribution in [0.25, 0.3) is 0 Å². The van der Waals surface area contributed by atoms with Gasteiger partial charge in [-0.1, -0.05) is 48.5 Å². The minimum atomic E-state index is -0.371. The van der Waals surface area contributed by atoms with Gasteiger partial charge in [0.1, 0.15) is 0 Å². The lowest BCUT2D eigenvalue weighted by molar-refractivity contribution is -0.158. The SMILES string of the molecule is CCOC(=O)C1(Cc2ccccc2)CCCN(C)C1.CN1CC[C@@H](N(C)C(=O)c2ccccc2)C1. The Kier molecular flexibility index (Phi) is 9.87. The second-order valence-corrected chi connectivity index (χ2v) is 9.99. The molecule has 0 bridgehead atoms. The summed E-state index contributed by atoms with van der Waals surface area (Å²) in [5.74, 6) is 0.0892. The fraction of sp³-hybridized carbons (Fsp3) is 0.517. The number of hydrogen-bond acceptors (Lipinski definition) is 5. The maximum atomic E-state index is 12.4. The molecule has 2 aliphatic heterocycles. The number of likely N-dealkylation sites (N-methyl/N-ethyl adjacent to an activating group) is 2. The monoisotopic (exact) mass is 479 g/mol. The summed E-state index contributed by atoms with van der Waals surface area (Å²) < 4.78 is 5.34. The number of carbonyl (C=O) groups excluding carboxylic acids is 2. The zero-order valence-electron chi connectivity index (χ0n) is 21.8. The van der Waals surface area contributed by atoms with E-state index in [2.05, 4.69) is 36.0 Å². The highest BCUT2D eigenvalue weighted by Crippen LogP contribution is 2.34. The number of nitrogens with zero attached hydrogens (tertiary/aromatic N) is 3. The third kappa shape index (κ3) is 7.39. The van der Waals surface area contributed by atoms with Crippen molar-refractivity contribution in [3.05, 3.63) is 71.8 Å². The predicted octanol–water partition coefficient (Wildman–Crippen LogP) is 3.97. The molecule has 6 heteroatoms. The molecule has 2 aliphatic rings. The molecular weight excluding hydrogens is 438 g/mol. The summed E-state index contributed by atoms with van der Waals surface area (Å²) in [5.41, 5.74) is 1.62. The van der Waals surface area contributed by atoms with Gasteiger partial charge in [-0.05, 0) is 77.5 Å². The number of hydrogen-bond donors (Lipinski definition) is 0. The number of benzene rings is 2. The number of esters is 1. The van der Waals surface area contributed by atoms with E-state index in [9.17, 15) is 9.59 Å². The molecule has 2 heterocycles. The van der Waals surface area contributed by atoms with Gasteiger partial charge in [-0.25, -0.2) is 0 Å². The number of rotatable bonds is 6. The number of amides is 1. The smallest absolute Gasteiger partial charge is 0.313 e. The molecule has 2 aromatic rings. The van der Waals surface area contributed by atoms with Crippen LogP contribution in [0.3, 0.4) is 0 Å². The summed E-state index contributed by atoms with van der Waals surface area (Å²) in [6, 6.07) is 20.1. The van der Waals surface area contributed by atoms with Crippen LogP contribution in [-0.4, -0.2) is 86.5 Å². The van der Waals surface area contributed by atoms with Gasteiger partial charge < -0.3 is 19.4 Å². The lowest BCUT2D eigenvalue weighted by atomic mass is 9.75. The highest BCUT2D eigenvalue weighted by atomic mass is 16.5. The van der Waals surface area contributed by atoms with E-state index in [4.69, 9.17) is 4.74 Å². The van der Waals surface area contributed by atoms with E-state index < -0.39 is 0 Å². The quantitative estimate of drug-likeness (QED) is 0.587. The van der Waals surface area contributed by atoms with Gasteiger partial charge in [-0.3, -0.25) is 9.59 Å². The van der Waals surface area contributed by atoms with Crippen molar-refractivity contribution in [3.63, 3.8) is 0 Å². The first-order valence-corrected chi connectivity index (χ1v) is 12.7. The van der Waals surface area contributed by atoms with E-state index >= 15 is 0 Å². The van der Waals surface area contributed by atoms with Crippen LogP contribution < -0.4 is 0 Å². The first kappa shape index (κ1) is 26.9. The van der Waals surface area contributed by atoms with Crippen molar-refractivity contribution < 1.29 is 14.3 Å². The van der Waals surface area contributed by atoms with E-state index in [1.807, 2.05) is 67.4 Å². The molecule has 1 amide bonds. The van der Waals surface area contributed by atoms with Crippen LogP contribution in [0.15, 0.2) is 60.7 Å². The molecule has 0 radical (unpaired) electrons. The summed E-state index contributed by atoms with van der Waals surface area (Å²) in [7, 11) is 6.08. The standard InChI is InChI=1S/C16H23NO2.C13H18N2O/c1-3-19-15(18)16(10-7-11-17(2)13-16)12-14-8-5-4-6-9-14;1-14-9-8-12(10-14)15(2)13(16)11-6-4-3-5-7-11/h4-6,8-9H,3,7,10-13H2,1-2H3;3-7,12H,8-10H2,1-2H3/t;12-/m.1/s1. The van der Waals surface area contributed by atoms with Crippen LogP contribution in [0, 0.1) is 5.41 Å². The lowest BCUT2D eigenvalue weighted by Gasteiger charge is -2.39. The minimum Gasteiger partial charge on any atom is -0.466 e. The molecular formula is C29H41N3O3. The molecule has 0 aliphatic carbocycles. The third-order valence-corrected chi connectivity index (χ3v) is 7.12.